The molecule has 1 aliphatic rings. The van der Waals surface area contributed by atoms with E-state index in [4.69, 9.17) is 9.84 Å². The SMILES string of the molecule is O=C(O)C1CN(C(=O)CCn2cnc3ccccc3c2=O)CCO1. The maximum absolute atomic E-state index is 12.4. The maximum Gasteiger partial charge on any atom is 0.334 e. The van der Waals surface area contributed by atoms with Crippen molar-refractivity contribution in [1.82, 2.24) is 14.5 Å². The Labute approximate surface area is 137 Å². The van der Waals surface area contributed by atoms with E-state index in [2.05, 4.69) is 4.98 Å². The average molecular weight is 331 g/mol. The minimum absolute atomic E-state index is 0.0268. The quantitative estimate of drug-likeness (QED) is 0.852. The van der Waals surface area contributed by atoms with Gasteiger partial charge in [0.05, 0.1) is 30.4 Å². The third kappa shape index (κ3) is 3.28. The second kappa shape index (κ2) is 6.79. The van der Waals surface area contributed by atoms with Gasteiger partial charge in [-0.3, -0.25) is 14.2 Å². The molecular formula is C16H17N3O5. The topological polar surface area (TPSA) is 102 Å². The highest BCUT2D eigenvalue weighted by Gasteiger charge is 2.28. The highest BCUT2D eigenvalue weighted by atomic mass is 16.5. The van der Waals surface area contributed by atoms with Crippen molar-refractivity contribution in [3.8, 4) is 0 Å². The molecule has 1 N–H and O–H groups in total. The smallest absolute Gasteiger partial charge is 0.334 e. The van der Waals surface area contributed by atoms with Crippen molar-refractivity contribution >= 4 is 22.8 Å². The number of nitrogens with zero attached hydrogens (tertiary/aromatic N) is 3. The summed E-state index contributed by atoms with van der Waals surface area (Å²) in [6.45, 7) is 0.775. The van der Waals surface area contributed by atoms with Gasteiger partial charge >= 0.3 is 5.97 Å². The van der Waals surface area contributed by atoms with Crippen molar-refractivity contribution in [1.29, 1.82) is 0 Å². The third-order valence-corrected chi connectivity index (χ3v) is 3.99. The van der Waals surface area contributed by atoms with Crippen LogP contribution >= 0.6 is 0 Å². The van der Waals surface area contributed by atoms with Gasteiger partial charge in [-0.2, -0.15) is 0 Å². The van der Waals surface area contributed by atoms with E-state index in [1.807, 2.05) is 0 Å². The molecule has 126 valence electrons. The van der Waals surface area contributed by atoms with E-state index in [9.17, 15) is 14.4 Å². The van der Waals surface area contributed by atoms with Crippen LogP contribution in [-0.4, -0.2) is 57.2 Å². The zero-order valence-electron chi connectivity index (χ0n) is 12.9. The van der Waals surface area contributed by atoms with E-state index in [0.29, 0.717) is 17.4 Å². The molecule has 1 saturated heterocycles. The van der Waals surface area contributed by atoms with Crippen LogP contribution in [0.5, 0.6) is 0 Å². The van der Waals surface area contributed by atoms with Gasteiger partial charge in [0.15, 0.2) is 6.10 Å². The predicted molar refractivity (Wildman–Crippen MR) is 84.6 cm³/mol. The van der Waals surface area contributed by atoms with Crippen LogP contribution < -0.4 is 5.56 Å². The molecule has 2 heterocycles. The fraction of sp³-hybridized carbons (Fsp3) is 0.375. The minimum atomic E-state index is -1.08. The van der Waals surface area contributed by atoms with Gasteiger partial charge in [-0.15, -0.1) is 0 Å². The van der Waals surface area contributed by atoms with Gasteiger partial charge in [-0.05, 0) is 12.1 Å². The summed E-state index contributed by atoms with van der Waals surface area (Å²) in [5.41, 5.74) is 0.418. The lowest BCUT2D eigenvalue weighted by Gasteiger charge is -2.31. The van der Waals surface area contributed by atoms with E-state index in [1.165, 1.54) is 15.8 Å². The number of hydrogen-bond donors (Lipinski definition) is 1. The molecule has 1 aromatic heterocycles. The van der Waals surface area contributed by atoms with Crippen LogP contribution in [0, 0.1) is 0 Å². The van der Waals surface area contributed by atoms with E-state index in [0.717, 1.165) is 0 Å². The van der Waals surface area contributed by atoms with Crippen LogP contribution in [0.4, 0.5) is 0 Å². The molecule has 24 heavy (non-hydrogen) atoms. The van der Waals surface area contributed by atoms with Crippen LogP contribution in [0.15, 0.2) is 35.4 Å². The first-order chi connectivity index (χ1) is 11.6. The van der Waals surface area contributed by atoms with E-state index in [1.54, 1.807) is 24.3 Å². The van der Waals surface area contributed by atoms with Gasteiger partial charge in [0.2, 0.25) is 5.91 Å². The number of fused-ring (bicyclic) bond motifs is 1. The second-order valence-electron chi connectivity index (χ2n) is 5.55. The van der Waals surface area contributed by atoms with Crippen molar-refractivity contribution < 1.29 is 19.4 Å². The first kappa shape index (κ1) is 16.1. The second-order valence-corrected chi connectivity index (χ2v) is 5.55. The molecule has 0 saturated carbocycles. The summed E-state index contributed by atoms with van der Waals surface area (Å²) >= 11 is 0. The number of morpholine rings is 1. The first-order valence-corrected chi connectivity index (χ1v) is 7.62. The van der Waals surface area contributed by atoms with Crippen LogP contribution in [0.3, 0.4) is 0 Å². The summed E-state index contributed by atoms with van der Waals surface area (Å²) in [5, 5.41) is 9.47. The van der Waals surface area contributed by atoms with Crippen molar-refractivity contribution in [2.24, 2.45) is 0 Å². The standard InChI is InChI=1S/C16H17N3O5/c20-14(18-7-8-24-13(9-18)16(22)23)5-6-19-10-17-12-4-2-1-3-11(12)15(19)21/h1-4,10,13H,5-9H2,(H,22,23). The summed E-state index contributed by atoms with van der Waals surface area (Å²) in [6.07, 6.45) is 0.539. The van der Waals surface area contributed by atoms with Gasteiger partial charge in [-0.1, -0.05) is 12.1 Å². The number of carboxylic acid groups (broad SMARTS) is 1. The molecule has 0 spiro atoms. The fourth-order valence-corrected chi connectivity index (χ4v) is 2.66. The highest BCUT2D eigenvalue weighted by molar-refractivity contribution is 5.79. The average Bonchev–Trinajstić information content (AvgIpc) is 2.61. The summed E-state index contributed by atoms with van der Waals surface area (Å²) in [7, 11) is 0. The van der Waals surface area contributed by atoms with Crippen LogP contribution in [-0.2, 0) is 20.9 Å². The lowest BCUT2D eigenvalue weighted by Crippen LogP contribution is -2.48. The third-order valence-electron chi connectivity index (χ3n) is 3.99. The lowest BCUT2D eigenvalue weighted by molar-refractivity contribution is -0.159. The van der Waals surface area contributed by atoms with Crippen LogP contribution in [0.1, 0.15) is 6.42 Å². The summed E-state index contributed by atoms with van der Waals surface area (Å²) in [6, 6.07) is 7.02. The Hall–Kier alpha value is -2.74. The number of aromatic nitrogens is 2. The molecule has 8 nitrogen and oxygen atoms in total. The Morgan fingerprint density at radius 2 is 2.12 bits per heavy atom. The van der Waals surface area contributed by atoms with Gasteiger partial charge in [0, 0.05) is 19.5 Å². The zero-order chi connectivity index (χ0) is 17.1. The number of carbonyl (C=O) groups is 2. The molecule has 8 heteroatoms. The Balaban J connectivity index is 1.67. The van der Waals surface area contributed by atoms with E-state index in [-0.39, 0.29) is 37.6 Å². The largest absolute Gasteiger partial charge is 0.479 e. The van der Waals surface area contributed by atoms with Gasteiger partial charge in [0.1, 0.15) is 0 Å². The molecule has 1 unspecified atom stereocenters. The van der Waals surface area contributed by atoms with E-state index < -0.39 is 12.1 Å². The molecule has 1 aromatic carbocycles. The number of hydrogen-bond acceptors (Lipinski definition) is 5. The van der Waals surface area contributed by atoms with Crippen LogP contribution in [0.2, 0.25) is 0 Å². The van der Waals surface area contributed by atoms with Crippen LogP contribution in [0.25, 0.3) is 10.9 Å². The molecule has 1 atom stereocenters. The van der Waals surface area contributed by atoms with E-state index >= 15 is 0 Å². The maximum atomic E-state index is 12.4. The van der Waals surface area contributed by atoms with Gasteiger partial charge < -0.3 is 14.7 Å². The lowest BCUT2D eigenvalue weighted by atomic mass is 10.2. The molecule has 2 aromatic rings. The van der Waals surface area contributed by atoms with Gasteiger partial charge in [0.25, 0.3) is 5.56 Å². The molecule has 1 amide bonds. The summed E-state index contributed by atoms with van der Waals surface area (Å²) in [4.78, 5) is 41.2. The minimum Gasteiger partial charge on any atom is -0.479 e. The Kier molecular flexibility index (Phi) is 4.57. The molecule has 1 fully saturated rings. The molecule has 0 aliphatic carbocycles. The number of amides is 1. The molecule has 0 radical (unpaired) electrons. The fourth-order valence-electron chi connectivity index (χ4n) is 2.66. The Morgan fingerprint density at radius 3 is 2.92 bits per heavy atom. The number of rotatable bonds is 4. The van der Waals surface area contributed by atoms with Gasteiger partial charge in [-0.25, -0.2) is 9.78 Å². The molecular weight excluding hydrogens is 314 g/mol. The Bertz CT molecular complexity index is 832. The Morgan fingerprint density at radius 1 is 1.33 bits per heavy atom. The number of aliphatic carboxylic acids is 1. The number of benzene rings is 1. The van der Waals surface area contributed by atoms with Crippen molar-refractivity contribution in [2.75, 3.05) is 19.7 Å². The number of aryl methyl sites for hydroxylation is 1. The highest BCUT2D eigenvalue weighted by Crippen LogP contribution is 2.08. The number of carbonyl (C=O) groups excluding carboxylic acids is 1. The molecule has 1 aliphatic heterocycles. The number of para-hydroxylation sites is 1. The summed E-state index contributed by atoms with van der Waals surface area (Å²) < 4.78 is 6.49. The number of ether oxygens (including phenoxy) is 1. The monoisotopic (exact) mass is 331 g/mol. The first-order valence-electron chi connectivity index (χ1n) is 7.62. The van der Waals surface area contributed by atoms with Crippen molar-refractivity contribution in [2.45, 2.75) is 19.1 Å². The zero-order valence-corrected chi connectivity index (χ0v) is 12.9. The molecule has 3 rings (SSSR count). The van der Waals surface area contributed by atoms with Crippen molar-refractivity contribution in [3.63, 3.8) is 0 Å². The molecule has 0 bridgehead atoms. The normalized spacial score (nSPS) is 17.8. The summed E-state index contributed by atoms with van der Waals surface area (Å²) in [5.74, 6) is -1.29. The predicted octanol–water partition coefficient (Wildman–Crippen LogP) is 0.0986. The number of carboxylic acids is 1. The van der Waals surface area contributed by atoms with Crippen molar-refractivity contribution in [3.05, 3.63) is 40.9 Å².